The average Bonchev–Trinajstić information content (AvgIpc) is 3.26. The Morgan fingerprint density at radius 1 is 1.14 bits per heavy atom. The third-order valence-electron chi connectivity index (χ3n) is 6.74. The van der Waals surface area contributed by atoms with E-state index in [9.17, 15) is 14.0 Å². The van der Waals surface area contributed by atoms with Crippen molar-refractivity contribution in [2.45, 2.75) is 31.6 Å². The smallest absolute Gasteiger partial charge is 0.335 e. The Morgan fingerprint density at radius 3 is 2.42 bits per heavy atom. The molecule has 2 amide bonds. The van der Waals surface area contributed by atoms with Gasteiger partial charge in [-0.2, -0.15) is 0 Å². The summed E-state index contributed by atoms with van der Waals surface area (Å²) in [5, 5.41) is 16.4. The fourth-order valence-corrected chi connectivity index (χ4v) is 4.63. The van der Waals surface area contributed by atoms with Crippen LogP contribution in [0.1, 0.15) is 58.0 Å². The van der Waals surface area contributed by atoms with Crippen molar-refractivity contribution in [2.75, 3.05) is 40.0 Å². The zero-order valence-electron chi connectivity index (χ0n) is 20.7. The zero-order valence-corrected chi connectivity index (χ0v) is 20.7. The number of carbonyl (C=O) groups excluding carboxylic acids is 2. The quantitative estimate of drug-likeness (QED) is 0.466. The van der Waals surface area contributed by atoms with Crippen LogP contribution >= 0.6 is 0 Å². The first-order valence-electron chi connectivity index (χ1n) is 12.2. The number of hydrogen-bond donors (Lipinski definition) is 4. The second kappa shape index (κ2) is 12.5. The Hall–Kier alpha value is -3.46. The number of rotatable bonds is 7. The molecular weight excluding hydrogens is 465 g/mol. The molecule has 2 aromatic carbocycles. The number of alkyl halides is 1. The zero-order chi connectivity index (χ0) is 26.1. The van der Waals surface area contributed by atoms with Gasteiger partial charge in [-0.25, -0.2) is 9.18 Å². The van der Waals surface area contributed by atoms with E-state index in [-0.39, 0.29) is 11.8 Å². The molecule has 0 aliphatic carbocycles. The number of carbonyl (C=O) groups is 3. The summed E-state index contributed by atoms with van der Waals surface area (Å²) in [6.07, 6.45) is 3.29. The summed E-state index contributed by atoms with van der Waals surface area (Å²) >= 11 is 0. The molecule has 1 saturated heterocycles. The highest BCUT2D eigenvalue weighted by Gasteiger charge is 2.40. The number of carboxylic acids is 1. The number of nitrogens with one attached hydrogen (secondary N) is 3. The number of benzene rings is 2. The van der Waals surface area contributed by atoms with Gasteiger partial charge >= 0.3 is 5.97 Å². The summed E-state index contributed by atoms with van der Waals surface area (Å²) in [7, 11) is 1.59. The minimum Gasteiger partial charge on any atom is -0.491 e. The number of amides is 2. The molecule has 0 spiro atoms. The molecule has 0 bridgehead atoms. The standard InChI is InChI=1S/C25H31N3O3.C2H3FO2/c1-25(19-6-4-3-5-7-19)16-31-22-20(24(30)26-2)14-18(15-21(22)25)23(29)28-13-10-17-8-11-27-12-9-17;3-1-2(4)5/h3-7,14-15,17,27H,8-13,16H2,1-2H3,(H,26,30)(H,28,29);1H2,(H,4,5). The maximum absolute atomic E-state index is 13.0. The number of fused-ring (bicyclic) bond motifs is 1. The normalized spacial score (nSPS) is 18.8. The van der Waals surface area contributed by atoms with Crippen LogP contribution in [0.3, 0.4) is 0 Å². The summed E-state index contributed by atoms with van der Waals surface area (Å²) in [4.78, 5) is 34.6. The van der Waals surface area contributed by atoms with Gasteiger partial charge in [-0.1, -0.05) is 30.3 Å². The predicted octanol–water partition coefficient (Wildman–Crippen LogP) is 2.90. The average molecular weight is 500 g/mol. The Bertz CT molecular complexity index is 1070. The third-order valence-corrected chi connectivity index (χ3v) is 6.74. The predicted molar refractivity (Wildman–Crippen MR) is 134 cm³/mol. The van der Waals surface area contributed by atoms with Crippen LogP contribution in [0, 0.1) is 5.92 Å². The molecule has 2 aliphatic rings. The molecule has 2 heterocycles. The van der Waals surface area contributed by atoms with Crippen LogP contribution < -0.4 is 20.7 Å². The first-order valence-corrected chi connectivity index (χ1v) is 12.2. The molecule has 0 radical (unpaired) electrons. The number of aliphatic carboxylic acids is 1. The fourth-order valence-electron chi connectivity index (χ4n) is 4.63. The van der Waals surface area contributed by atoms with E-state index >= 15 is 0 Å². The minimum absolute atomic E-state index is 0.149. The van der Waals surface area contributed by atoms with Gasteiger partial charge in [0.05, 0.1) is 11.0 Å². The van der Waals surface area contributed by atoms with E-state index in [0.29, 0.717) is 35.9 Å². The molecule has 0 saturated carbocycles. The Morgan fingerprint density at radius 2 is 1.81 bits per heavy atom. The molecule has 36 heavy (non-hydrogen) atoms. The van der Waals surface area contributed by atoms with E-state index in [2.05, 4.69) is 35.0 Å². The van der Waals surface area contributed by atoms with Gasteiger partial charge in [0, 0.05) is 24.7 Å². The number of hydrogen-bond acceptors (Lipinski definition) is 5. The summed E-state index contributed by atoms with van der Waals surface area (Å²) in [5.74, 6) is -0.596. The van der Waals surface area contributed by atoms with Gasteiger partial charge < -0.3 is 25.8 Å². The van der Waals surface area contributed by atoms with Crippen molar-refractivity contribution in [1.82, 2.24) is 16.0 Å². The molecule has 9 heteroatoms. The number of carboxylic acid groups (broad SMARTS) is 1. The summed E-state index contributed by atoms with van der Waals surface area (Å²) in [6.45, 7) is 3.99. The second-order valence-corrected chi connectivity index (χ2v) is 9.23. The van der Waals surface area contributed by atoms with Gasteiger partial charge in [0.25, 0.3) is 11.8 Å². The first-order chi connectivity index (χ1) is 17.3. The first kappa shape index (κ1) is 27.1. The van der Waals surface area contributed by atoms with Gasteiger partial charge in [0.15, 0.2) is 6.67 Å². The lowest BCUT2D eigenvalue weighted by Crippen LogP contribution is -2.31. The van der Waals surface area contributed by atoms with Crippen LogP contribution in [0.5, 0.6) is 5.75 Å². The van der Waals surface area contributed by atoms with Gasteiger partial charge in [-0.05, 0) is 62.9 Å². The monoisotopic (exact) mass is 499 g/mol. The van der Waals surface area contributed by atoms with E-state index < -0.39 is 18.1 Å². The maximum Gasteiger partial charge on any atom is 0.335 e. The van der Waals surface area contributed by atoms with Gasteiger partial charge in [-0.15, -0.1) is 0 Å². The highest BCUT2D eigenvalue weighted by atomic mass is 19.1. The largest absolute Gasteiger partial charge is 0.491 e. The topological polar surface area (TPSA) is 117 Å². The summed E-state index contributed by atoms with van der Waals surface area (Å²) in [6, 6.07) is 13.6. The molecule has 1 atom stereocenters. The van der Waals surface area contributed by atoms with E-state index in [1.165, 1.54) is 0 Å². The van der Waals surface area contributed by atoms with E-state index in [1.54, 1.807) is 13.1 Å². The molecule has 1 fully saturated rings. The second-order valence-electron chi connectivity index (χ2n) is 9.23. The van der Waals surface area contributed by atoms with Crippen molar-refractivity contribution in [3.8, 4) is 5.75 Å². The number of halogens is 1. The highest BCUT2D eigenvalue weighted by molar-refractivity contribution is 6.02. The van der Waals surface area contributed by atoms with Crippen LogP contribution in [-0.2, 0) is 10.2 Å². The molecular formula is C27H34FN3O5. The lowest BCUT2D eigenvalue weighted by molar-refractivity contribution is -0.137. The van der Waals surface area contributed by atoms with Crippen LogP contribution in [0.2, 0.25) is 0 Å². The molecule has 4 rings (SSSR count). The van der Waals surface area contributed by atoms with E-state index in [1.807, 2.05) is 24.3 Å². The van der Waals surface area contributed by atoms with Gasteiger partial charge in [0.2, 0.25) is 0 Å². The van der Waals surface area contributed by atoms with Crippen LogP contribution in [0.4, 0.5) is 4.39 Å². The third kappa shape index (κ3) is 6.40. The molecule has 8 nitrogen and oxygen atoms in total. The van der Waals surface area contributed by atoms with Gasteiger partial charge in [-0.3, -0.25) is 9.59 Å². The van der Waals surface area contributed by atoms with Gasteiger partial charge in [0.1, 0.15) is 12.4 Å². The lowest BCUT2D eigenvalue weighted by Gasteiger charge is -2.24. The Balaban J connectivity index is 0.000000658. The Labute approximate surface area is 210 Å². The van der Waals surface area contributed by atoms with Crippen molar-refractivity contribution < 1.29 is 28.6 Å². The van der Waals surface area contributed by atoms with E-state index in [0.717, 1.165) is 43.5 Å². The molecule has 4 N–H and O–H groups in total. The number of ether oxygens (including phenoxy) is 1. The maximum atomic E-state index is 13.0. The molecule has 2 aromatic rings. The highest BCUT2D eigenvalue weighted by Crippen LogP contribution is 2.45. The number of piperidine rings is 1. The molecule has 2 aliphatic heterocycles. The SMILES string of the molecule is CNC(=O)c1cc(C(=O)NCCC2CCNCC2)cc2c1OCC2(C)c1ccccc1.O=C(O)CF. The molecule has 194 valence electrons. The van der Waals surface area contributed by atoms with Crippen LogP contribution in [-0.4, -0.2) is 62.9 Å². The van der Waals surface area contributed by atoms with Crippen molar-refractivity contribution in [2.24, 2.45) is 5.92 Å². The van der Waals surface area contributed by atoms with Crippen molar-refractivity contribution in [3.05, 3.63) is 64.7 Å². The van der Waals surface area contributed by atoms with Crippen molar-refractivity contribution in [3.63, 3.8) is 0 Å². The molecule has 1 unspecified atom stereocenters. The fraction of sp³-hybridized carbons (Fsp3) is 0.444. The summed E-state index contributed by atoms with van der Waals surface area (Å²) < 4.78 is 16.5. The van der Waals surface area contributed by atoms with Crippen LogP contribution in [0.25, 0.3) is 0 Å². The minimum atomic E-state index is -1.41. The van der Waals surface area contributed by atoms with Crippen molar-refractivity contribution in [1.29, 1.82) is 0 Å². The molecule has 0 aromatic heterocycles. The van der Waals surface area contributed by atoms with E-state index in [4.69, 9.17) is 14.6 Å². The Kier molecular flexibility index (Phi) is 9.41. The van der Waals surface area contributed by atoms with Crippen molar-refractivity contribution >= 4 is 17.8 Å². The van der Waals surface area contributed by atoms with Crippen LogP contribution in [0.15, 0.2) is 42.5 Å². The summed E-state index contributed by atoms with van der Waals surface area (Å²) in [5.41, 5.74) is 2.45. The lowest BCUT2D eigenvalue weighted by atomic mass is 9.77.